The van der Waals surface area contributed by atoms with Crippen LogP contribution in [0, 0.1) is 5.92 Å². The Labute approximate surface area is 140 Å². The number of aliphatic carboxylic acids is 1. The summed E-state index contributed by atoms with van der Waals surface area (Å²) in [5, 5.41) is 9.05. The molecule has 0 aromatic heterocycles. The largest absolute Gasteiger partial charge is 0.481 e. The normalized spacial score (nSPS) is 13.9. The van der Waals surface area contributed by atoms with Gasteiger partial charge in [-0.15, -0.1) is 0 Å². The molecule has 0 aromatic rings. The molecule has 0 bridgehead atoms. The quantitative estimate of drug-likeness (QED) is 0.280. The lowest BCUT2D eigenvalue weighted by molar-refractivity contribution is -0.284. The van der Waals surface area contributed by atoms with Gasteiger partial charge in [-0.25, -0.2) is 0 Å². The molecular formula is C17H29F5O2. The number of carboxylic acids is 1. The van der Waals surface area contributed by atoms with Gasteiger partial charge in [0.1, 0.15) is 0 Å². The van der Waals surface area contributed by atoms with Crippen molar-refractivity contribution in [2.24, 2.45) is 5.92 Å². The van der Waals surface area contributed by atoms with E-state index in [9.17, 15) is 26.7 Å². The number of alkyl halides is 5. The summed E-state index contributed by atoms with van der Waals surface area (Å²) in [5.41, 5.74) is 0. The zero-order valence-corrected chi connectivity index (χ0v) is 14.3. The summed E-state index contributed by atoms with van der Waals surface area (Å²) in [7, 11) is 0. The molecule has 24 heavy (non-hydrogen) atoms. The van der Waals surface area contributed by atoms with E-state index in [1.807, 2.05) is 0 Å². The van der Waals surface area contributed by atoms with E-state index in [-0.39, 0.29) is 6.42 Å². The first-order valence-corrected chi connectivity index (χ1v) is 8.79. The number of hydrogen-bond acceptors (Lipinski definition) is 1. The Kier molecular flexibility index (Phi) is 11.2. The second kappa shape index (κ2) is 11.6. The van der Waals surface area contributed by atoms with Gasteiger partial charge < -0.3 is 5.11 Å². The minimum absolute atomic E-state index is 0.141. The Morgan fingerprint density at radius 3 is 1.75 bits per heavy atom. The van der Waals surface area contributed by atoms with Crippen molar-refractivity contribution in [3.63, 3.8) is 0 Å². The fraction of sp³-hybridized carbons (Fsp3) is 0.941. The van der Waals surface area contributed by atoms with Gasteiger partial charge in [0.25, 0.3) is 0 Å². The fourth-order valence-electron chi connectivity index (χ4n) is 2.63. The van der Waals surface area contributed by atoms with E-state index in [0.29, 0.717) is 12.8 Å². The average Bonchev–Trinajstić information content (AvgIpc) is 2.46. The second-order valence-corrected chi connectivity index (χ2v) is 6.39. The van der Waals surface area contributed by atoms with E-state index in [1.165, 1.54) is 19.3 Å². The molecule has 144 valence electrons. The monoisotopic (exact) mass is 360 g/mol. The molecule has 1 N–H and O–H groups in total. The lowest BCUT2D eigenvalue weighted by Crippen LogP contribution is -2.36. The van der Waals surface area contributed by atoms with Crippen LogP contribution in [0.5, 0.6) is 0 Å². The summed E-state index contributed by atoms with van der Waals surface area (Å²) in [6.45, 7) is 2.14. The van der Waals surface area contributed by atoms with Crippen LogP contribution in [0.15, 0.2) is 0 Å². The van der Waals surface area contributed by atoms with Gasteiger partial charge in [0.15, 0.2) is 0 Å². The number of halogens is 5. The highest BCUT2D eigenvalue weighted by molar-refractivity contribution is 5.69. The van der Waals surface area contributed by atoms with Gasteiger partial charge in [-0.2, -0.15) is 22.0 Å². The van der Waals surface area contributed by atoms with Crippen molar-refractivity contribution in [2.45, 2.75) is 96.1 Å². The Balaban J connectivity index is 3.93. The molecule has 0 aromatic carbocycles. The molecule has 0 radical (unpaired) electrons. The number of carboxylic acid groups (broad SMARTS) is 1. The van der Waals surface area contributed by atoms with Crippen molar-refractivity contribution in [2.75, 3.05) is 0 Å². The van der Waals surface area contributed by atoms with Crippen LogP contribution in [0.3, 0.4) is 0 Å². The SMILES string of the molecule is CCCCCCCCCCC(CCCC(F)(F)C(F)(F)F)C(=O)O. The highest BCUT2D eigenvalue weighted by Crippen LogP contribution is 2.39. The number of hydrogen-bond donors (Lipinski definition) is 1. The van der Waals surface area contributed by atoms with Crippen LogP contribution in [0.4, 0.5) is 22.0 Å². The summed E-state index contributed by atoms with van der Waals surface area (Å²) >= 11 is 0. The van der Waals surface area contributed by atoms with Crippen molar-refractivity contribution in [1.29, 1.82) is 0 Å². The van der Waals surface area contributed by atoms with Crippen LogP contribution >= 0.6 is 0 Å². The van der Waals surface area contributed by atoms with E-state index < -0.39 is 36.8 Å². The molecule has 0 amide bonds. The van der Waals surface area contributed by atoms with Crippen molar-refractivity contribution in [1.82, 2.24) is 0 Å². The van der Waals surface area contributed by atoms with E-state index >= 15 is 0 Å². The fourth-order valence-corrected chi connectivity index (χ4v) is 2.63. The summed E-state index contributed by atoms with van der Waals surface area (Å²) in [4.78, 5) is 11.1. The van der Waals surface area contributed by atoms with Crippen LogP contribution in [0.2, 0.25) is 0 Å². The third-order valence-electron chi connectivity index (χ3n) is 4.21. The molecule has 0 aliphatic carbocycles. The highest BCUT2D eigenvalue weighted by atomic mass is 19.4. The predicted molar refractivity (Wildman–Crippen MR) is 83.2 cm³/mol. The summed E-state index contributed by atoms with van der Waals surface area (Å²) in [5.74, 6) is -6.70. The average molecular weight is 360 g/mol. The standard InChI is InChI=1S/C17H29F5O2/c1-2-3-4-5-6-7-8-9-11-14(15(23)24)12-10-13-16(18,19)17(20,21)22/h14H,2-13H2,1H3,(H,23,24). The van der Waals surface area contributed by atoms with E-state index in [4.69, 9.17) is 5.11 Å². The molecule has 1 atom stereocenters. The van der Waals surface area contributed by atoms with Gasteiger partial charge in [-0.3, -0.25) is 4.79 Å². The topological polar surface area (TPSA) is 37.3 Å². The Hall–Kier alpha value is -0.880. The minimum atomic E-state index is -5.57. The summed E-state index contributed by atoms with van der Waals surface area (Å²) in [6, 6.07) is 0. The van der Waals surface area contributed by atoms with Gasteiger partial charge in [-0.1, -0.05) is 58.3 Å². The third kappa shape index (κ3) is 10.1. The second-order valence-electron chi connectivity index (χ2n) is 6.39. The third-order valence-corrected chi connectivity index (χ3v) is 4.21. The smallest absolute Gasteiger partial charge is 0.453 e. The van der Waals surface area contributed by atoms with Crippen molar-refractivity contribution in [3.05, 3.63) is 0 Å². The maximum Gasteiger partial charge on any atom is 0.453 e. The van der Waals surface area contributed by atoms with Crippen molar-refractivity contribution >= 4 is 5.97 Å². The Morgan fingerprint density at radius 1 is 0.833 bits per heavy atom. The maximum atomic E-state index is 12.8. The first-order valence-electron chi connectivity index (χ1n) is 8.79. The van der Waals surface area contributed by atoms with Gasteiger partial charge >= 0.3 is 18.1 Å². The highest BCUT2D eigenvalue weighted by Gasteiger charge is 2.56. The number of carbonyl (C=O) groups is 1. The van der Waals surface area contributed by atoms with Crippen LogP contribution in [-0.4, -0.2) is 23.2 Å². The van der Waals surface area contributed by atoms with Crippen LogP contribution in [0.1, 0.15) is 84.0 Å². The molecule has 0 saturated carbocycles. The lowest BCUT2D eigenvalue weighted by atomic mass is 9.94. The molecule has 7 heteroatoms. The van der Waals surface area contributed by atoms with E-state index in [0.717, 1.165) is 25.7 Å². The van der Waals surface area contributed by atoms with Gasteiger partial charge in [0.2, 0.25) is 0 Å². The van der Waals surface area contributed by atoms with Crippen molar-refractivity contribution < 1.29 is 31.9 Å². The first kappa shape index (κ1) is 23.1. The zero-order chi connectivity index (χ0) is 18.6. The van der Waals surface area contributed by atoms with Gasteiger partial charge in [0.05, 0.1) is 5.92 Å². The van der Waals surface area contributed by atoms with Crippen LogP contribution < -0.4 is 0 Å². The molecule has 0 fully saturated rings. The first-order chi connectivity index (χ1) is 11.1. The molecule has 0 aliphatic heterocycles. The van der Waals surface area contributed by atoms with Crippen LogP contribution in [0.25, 0.3) is 0 Å². The number of rotatable bonds is 14. The molecule has 1 unspecified atom stereocenters. The Bertz CT molecular complexity index is 342. The predicted octanol–water partition coefficient (Wildman–Crippen LogP) is 6.59. The molecule has 0 aliphatic rings. The zero-order valence-electron chi connectivity index (χ0n) is 14.3. The molecule has 0 spiro atoms. The molecule has 0 rings (SSSR count). The molecule has 2 nitrogen and oxygen atoms in total. The Morgan fingerprint density at radius 2 is 1.29 bits per heavy atom. The lowest BCUT2D eigenvalue weighted by Gasteiger charge is -2.20. The van der Waals surface area contributed by atoms with E-state index in [2.05, 4.69) is 6.92 Å². The van der Waals surface area contributed by atoms with Crippen molar-refractivity contribution in [3.8, 4) is 0 Å². The minimum Gasteiger partial charge on any atom is -0.481 e. The molecule has 0 heterocycles. The van der Waals surface area contributed by atoms with Crippen LogP contribution in [-0.2, 0) is 4.79 Å². The maximum absolute atomic E-state index is 12.8. The number of unbranched alkanes of at least 4 members (excludes halogenated alkanes) is 7. The molecule has 0 saturated heterocycles. The summed E-state index contributed by atoms with van der Waals surface area (Å²) < 4.78 is 61.7. The summed E-state index contributed by atoms with van der Waals surface area (Å²) in [6.07, 6.45) is 1.20. The molecular weight excluding hydrogens is 331 g/mol. The van der Waals surface area contributed by atoms with Gasteiger partial charge in [-0.05, 0) is 19.3 Å². The van der Waals surface area contributed by atoms with E-state index in [1.54, 1.807) is 0 Å². The van der Waals surface area contributed by atoms with Gasteiger partial charge in [0, 0.05) is 6.42 Å².